The van der Waals surface area contributed by atoms with E-state index < -0.39 is 46.5 Å². The highest BCUT2D eigenvalue weighted by Gasteiger charge is 2.30. The summed E-state index contributed by atoms with van der Waals surface area (Å²) in [5.41, 5.74) is 0.495. The van der Waals surface area contributed by atoms with Gasteiger partial charge in [-0.25, -0.2) is 26.3 Å². The predicted molar refractivity (Wildman–Crippen MR) is 127 cm³/mol. The lowest BCUT2D eigenvalue weighted by Crippen LogP contribution is -2.47. The fourth-order valence-electron chi connectivity index (χ4n) is 3.78. The van der Waals surface area contributed by atoms with E-state index in [4.69, 9.17) is 12.2 Å². The summed E-state index contributed by atoms with van der Waals surface area (Å²) < 4.78 is 81.9. The van der Waals surface area contributed by atoms with Crippen molar-refractivity contribution in [3.05, 3.63) is 89.0 Å². The minimum Gasteiger partial charge on any atom is -0.368 e. The van der Waals surface area contributed by atoms with Gasteiger partial charge in [0.1, 0.15) is 11.5 Å². The van der Waals surface area contributed by atoms with Crippen molar-refractivity contribution in [2.24, 2.45) is 0 Å². The van der Waals surface area contributed by atoms with Crippen LogP contribution in [0.3, 0.4) is 0 Å². The van der Waals surface area contributed by atoms with Crippen LogP contribution in [0.4, 0.5) is 43.4 Å². The van der Waals surface area contributed by atoms with Gasteiger partial charge in [0, 0.05) is 43.1 Å². The predicted octanol–water partition coefficient (Wildman–Crippen LogP) is 4.97. The second-order valence-electron chi connectivity index (χ2n) is 7.86. The van der Waals surface area contributed by atoms with Gasteiger partial charge >= 0.3 is 0 Å². The Morgan fingerprint density at radius 1 is 0.750 bits per heavy atom. The summed E-state index contributed by atoms with van der Waals surface area (Å²) in [6, 6.07) is 12.0. The zero-order valence-electron chi connectivity index (χ0n) is 18.4. The van der Waals surface area contributed by atoms with Crippen molar-refractivity contribution < 1.29 is 31.1 Å². The third-order valence-corrected chi connectivity index (χ3v) is 5.79. The number of nitrogens with one attached hydrogen (secondary N) is 2. The first-order valence-corrected chi connectivity index (χ1v) is 11.1. The van der Waals surface area contributed by atoms with Crippen molar-refractivity contribution in [2.75, 3.05) is 41.3 Å². The quantitative estimate of drug-likeness (QED) is 0.218. The fourth-order valence-corrected chi connectivity index (χ4v) is 3.99. The Balaban J connectivity index is 1.35. The number of carbonyl (C=O) groups is 1. The van der Waals surface area contributed by atoms with Crippen LogP contribution in [-0.2, 0) is 0 Å². The molecule has 0 unspecified atom stereocenters. The lowest BCUT2D eigenvalue weighted by molar-refractivity contribution is 0.0977. The topological polar surface area (TPSA) is 47.6 Å². The molecule has 1 aliphatic heterocycles. The molecule has 0 aliphatic carbocycles. The summed E-state index contributed by atoms with van der Waals surface area (Å²) >= 11 is 5.12. The summed E-state index contributed by atoms with van der Waals surface area (Å²) in [5.74, 6) is -11.0. The average Bonchev–Trinajstić information content (AvgIpc) is 2.87. The van der Waals surface area contributed by atoms with Crippen molar-refractivity contribution in [2.45, 2.75) is 0 Å². The van der Waals surface area contributed by atoms with Crippen LogP contribution in [-0.4, -0.2) is 37.2 Å². The number of piperazine rings is 1. The molecule has 2 N–H and O–H groups in total. The highest BCUT2D eigenvalue weighted by atomic mass is 32.1. The molecule has 0 spiro atoms. The van der Waals surface area contributed by atoms with E-state index in [0.717, 1.165) is 16.7 Å². The number of nitrogens with zero attached hydrogens (tertiary/aromatic N) is 2. The molecule has 188 valence electrons. The summed E-state index contributed by atoms with van der Waals surface area (Å²) in [5, 5.41) is 5.30. The van der Waals surface area contributed by atoms with Gasteiger partial charge in [0.05, 0.1) is 0 Å². The number of rotatable bonds is 4. The molecule has 12 heteroatoms. The van der Waals surface area contributed by atoms with Gasteiger partial charge in [-0.15, -0.1) is 0 Å². The van der Waals surface area contributed by atoms with Gasteiger partial charge in [0.25, 0.3) is 5.91 Å². The Bertz CT molecular complexity index is 1280. The van der Waals surface area contributed by atoms with Crippen LogP contribution in [0, 0.1) is 34.9 Å². The highest BCUT2D eigenvalue weighted by molar-refractivity contribution is 7.80. The molecule has 0 atom stereocenters. The van der Waals surface area contributed by atoms with E-state index in [0.29, 0.717) is 5.69 Å². The number of amides is 1. The summed E-state index contributed by atoms with van der Waals surface area (Å²) in [7, 11) is 0. The van der Waals surface area contributed by atoms with Gasteiger partial charge in [-0.3, -0.25) is 10.1 Å². The lowest BCUT2D eigenvalue weighted by Gasteiger charge is -2.37. The zero-order valence-corrected chi connectivity index (χ0v) is 19.2. The molecule has 4 rings (SSSR count). The van der Waals surface area contributed by atoms with Gasteiger partial charge in [0.2, 0.25) is 5.82 Å². The highest BCUT2D eigenvalue weighted by Crippen LogP contribution is 2.31. The molecular formula is C24H18F6N4OS. The zero-order chi connectivity index (χ0) is 26.0. The third kappa shape index (κ3) is 5.23. The van der Waals surface area contributed by atoms with E-state index in [-0.39, 0.29) is 36.9 Å². The average molecular weight is 524 g/mol. The molecule has 0 saturated carbocycles. The molecule has 1 fully saturated rings. The first-order valence-electron chi connectivity index (χ1n) is 10.6. The van der Waals surface area contributed by atoms with Gasteiger partial charge in [-0.05, 0) is 54.7 Å². The van der Waals surface area contributed by atoms with E-state index >= 15 is 0 Å². The van der Waals surface area contributed by atoms with Crippen LogP contribution in [0.5, 0.6) is 0 Å². The van der Waals surface area contributed by atoms with Crippen LogP contribution in [0.2, 0.25) is 0 Å². The van der Waals surface area contributed by atoms with Gasteiger partial charge in [-0.1, -0.05) is 6.07 Å². The molecule has 1 amide bonds. The number of thiocarbonyl (C=S) groups is 1. The molecule has 1 heterocycles. The molecular weight excluding hydrogens is 506 g/mol. The largest absolute Gasteiger partial charge is 0.368 e. The molecule has 1 aliphatic rings. The molecule has 1 saturated heterocycles. The Morgan fingerprint density at radius 3 is 1.89 bits per heavy atom. The molecule has 5 nitrogen and oxygen atoms in total. The number of carbonyl (C=O) groups excluding carboxylic acids is 1. The smallest absolute Gasteiger partial charge is 0.257 e. The molecule has 0 radical (unpaired) electrons. The Kier molecular flexibility index (Phi) is 7.34. The van der Waals surface area contributed by atoms with Gasteiger partial charge < -0.3 is 15.1 Å². The number of hydrogen-bond donors (Lipinski definition) is 2. The fraction of sp³-hybridized carbons (Fsp3) is 0.167. The first kappa shape index (κ1) is 25.3. The molecule has 0 aromatic heterocycles. The van der Waals surface area contributed by atoms with Crippen LogP contribution in [0.25, 0.3) is 0 Å². The Morgan fingerprint density at radius 2 is 1.31 bits per heavy atom. The minimum absolute atomic E-state index is 0.00782. The minimum atomic E-state index is -2.19. The van der Waals surface area contributed by atoms with E-state index in [1.807, 2.05) is 4.90 Å². The van der Waals surface area contributed by atoms with Crippen LogP contribution in [0.1, 0.15) is 10.4 Å². The van der Waals surface area contributed by atoms with E-state index in [1.165, 1.54) is 18.2 Å². The lowest BCUT2D eigenvalue weighted by atomic mass is 10.2. The molecule has 3 aromatic rings. The summed E-state index contributed by atoms with van der Waals surface area (Å²) in [6.45, 7) is 0.617. The van der Waals surface area contributed by atoms with Crippen LogP contribution >= 0.6 is 12.2 Å². The van der Waals surface area contributed by atoms with Crippen LogP contribution in [0.15, 0.2) is 48.5 Å². The maximum Gasteiger partial charge on any atom is 0.257 e. The SMILES string of the molecule is O=C(NC(=S)Nc1ccc(N2CCN(c3c(F)c(F)c(F)c(F)c3F)CC2)cc1)c1cccc(F)c1. The van der Waals surface area contributed by atoms with Crippen molar-refractivity contribution >= 4 is 40.3 Å². The molecule has 0 bridgehead atoms. The first-order chi connectivity index (χ1) is 17.2. The molecule has 36 heavy (non-hydrogen) atoms. The van der Waals surface area contributed by atoms with Crippen molar-refractivity contribution in [3.63, 3.8) is 0 Å². The maximum absolute atomic E-state index is 14.1. The standard InChI is InChI=1S/C24H18F6N4OS/c25-14-3-1-2-13(12-14)23(35)32-24(36)31-15-4-6-16(7-5-15)33-8-10-34(11-9-33)22-20(29)18(27)17(26)19(28)21(22)30/h1-7,12H,8-11H2,(H2,31,32,35,36). The number of halogens is 6. The monoisotopic (exact) mass is 524 g/mol. The van der Waals surface area contributed by atoms with Gasteiger partial charge in [0.15, 0.2) is 28.4 Å². The van der Waals surface area contributed by atoms with E-state index in [2.05, 4.69) is 10.6 Å². The molecule has 3 aromatic carbocycles. The Hall–Kier alpha value is -3.80. The Labute approximate surface area is 207 Å². The van der Waals surface area contributed by atoms with Crippen molar-refractivity contribution in [1.82, 2.24) is 5.32 Å². The normalized spacial score (nSPS) is 13.5. The van der Waals surface area contributed by atoms with E-state index in [9.17, 15) is 31.1 Å². The van der Waals surface area contributed by atoms with Crippen molar-refractivity contribution in [3.8, 4) is 0 Å². The second-order valence-corrected chi connectivity index (χ2v) is 8.27. The third-order valence-electron chi connectivity index (χ3n) is 5.59. The van der Waals surface area contributed by atoms with E-state index in [1.54, 1.807) is 24.3 Å². The number of anilines is 3. The maximum atomic E-state index is 14.1. The second kappa shape index (κ2) is 10.4. The number of hydrogen-bond acceptors (Lipinski definition) is 4. The number of benzene rings is 3. The summed E-state index contributed by atoms with van der Waals surface area (Å²) in [6.07, 6.45) is 0. The van der Waals surface area contributed by atoms with Crippen molar-refractivity contribution in [1.29, 1.82) is 0 Å². The summed E-state index contributed by atoms with van der Waals surface area (Å²) in [4.78, 5) is 15.2. The van der Waals surface area contributed by atoms with Crippen LogP contribution < -0.4 is 20.4 Å². The van der Waals surface area contributed by atoms with Gasteiger partial charge in [-0.2, -0.15) is 0 Å².